The first kappa shape index (κ1) is 18.1. The lowest BCUT2D eigenvalue weighted by Crippen LogP contribution is -2.28. The van der Waals surface area contributed by atoms with Crippen LogP contribution in [0.15, 0.2) is 72.1 Å². The average Bonchev–Trinajstić information content (AvgIpc) is 3.34. The highest BCUT2D eigenvalue weighted by atomic mass is 35.5. The summed E-state index contributed by atoms with van der Waals surface area (Å²) in [5, 5.41) is 6.45. The number of anilines is 1. The van der Waals surface area contributed by atoms with Gasteiger partial charge in [-0.1, -0.05) is 53.7 Å². The molecule has 1 fully saturated rings. The smallest absolute Gasteiger partial charge is 0.240 e. The Hall–Kier alpha value is -2.90. The van der Waals surface area contributed by atoms with E-state index in [9.17, 15) is 4.79 Å². The molecule has 4 aromatic rings. The van der Waals surface area contributed by atoms with Crippen LogP contribution in [-0.4, -0.2) is 37.5 Å². The number of halogens is 1. The molecule has 0 aliphatic carbocycles. The predicted molar refractivity (Wildman–Crippen MR) is 115 cm³/mol. The van der Waals surface area contributed by atoms with Crippen LogP contribution in [0.4, 0.5) is 5.69 Å². The van der Waals surface area contributed by atoms with Gasteiger partial charge in [-0.05, 0) is 30.7 Å². The van der Waals surface area contributed by atoms with Gasteiger partial charge in [0.15, 0.2) is 5.65 Å². The second-order valence-corrected chi connectivity index (χ2v) is 8.24. The molecule has 144 valence electrons. The zero-order valence-electron chi connectivity index (χ0n) is 15.3. The second kappa shape index (κ2) is 7.50. The van der Waals surface area contributed by atoms with Crippen LogP contribution in [0.1, 0.15) is 6.42 Å². The summed E-state index contributed by atoms with van der Waals surface area (Å²) < 4.78 is 1.79. The summed E-state index contributed by atoms with van der Waals surface area (Å²) >= 11 is 7.75. The highest BCUT2D eigenvalue weighted by molar-refractivity contribution is 8.00. The van der Waals surface area contributed by atoms with Crippen molar-refractivity contribution in [3.8, 4) is 5.69 Å². The zero-order valence-corrected chi connectivity index (χ0v) is 16.8. The molecule has 6 nitrogen and oxygen atoms in total. The van der Waals surface area contributed by atoms with Crippen molar-refractivity contribution in [3.63, 3.8) is 0 Å². The van der Waals surface area contributed by atoms with Gasteiger partial charge < -0.3 is 4.90 Å². The maximum absolute atomic E-state index is 13.0. The standard InChI is InChI=1S/C21H16ClN5OS/c22-16-8-4-5-9-17(16)26-11-10-18(21(26)28)29-20-15-12-25-27(19(15)23-13-24-20)14-6-2-1-3-7-14/h1-9,12-13,18H,10-11H2. The molecular weight excluding hydrogens is 406 g/mol. The fourth-order valence-electron chi connectivity index (χ4n) is 3.48. The Labute approximate surface area is 176 Å². The van der Waals surface area contributed by atoms with Crippen molar-refractivity contribution in [1.82, 2.24) is 19.7 Å². The maximum Gasteiger partial charge on any atom is 0.240 e. The molecule has 1 aliphatic rings. The van der Waals surface area contributed by atoms with Crippen molar-refractivity contribution in [2.24, 2.45) is 0 Å². The molecule has 2 aromatic carbocycles. The van der Waals surface area contributed by atoms with Gasteiger partial charge in [-0.25, -0.2) is 14.6 Å². The molecule has 0 bridgehead atoms. The van der Waals surface area contributed by atoms with Gasteiger partial charge in [-0.15, -0.1) is 0 Å². The summed E-state index contributed by atoms with van der Waals surface area (Å²) in [7, 11) is 0. The van der Waals surface area contributed by atoms with E-state index in [0.717, 1.165) is 33.9 Å². The van der Waals surface area contributed by atoms with Crippen molar-refractivity contribution in [2.75, 3.05) is 11.4 Å². The number of amides is 1. The van der Waals surface area contributed by atoms with Crippen LogP contribution in [0.3, 0.4) is 0 Å². The van der Waals surface area contributed by atoms with Crippen LogP contribution in [0.5, 0.6) is 0 Å². The Kier molecular flexibility index (Phi) is 4.69. The molecular formula is C21H16ClN5OS. The first-order chi connectivity index (χ1) is 14.2. The zero-order chi connectivity index (χ0) is 19.8. The molecule has 5 rings (SSSR count). The molecule has 0 saturated carbocycles. The van der Waals surface area contributed by atoms with Crippen LogP contribution in [0, 0.1) is 0 Å². The monoisotopic (exact) mass is 421 g/mol. The summed E-state index contributed by atoms with van der Waals surface area (Å²) in [5.74, 6) is 0.0466. The van der Waals surface area contributed by atoms with E-state index in [2.05, 4.69) is 15.1 Å². The summed E-state index contributed by atoms with van der Waals surface area (Å²) in [5.41, 5.74) is 2.41. The number of hydrogen-bond donors (Lipinski definition) is 0. The number of hydrogen-bond acceptors (Lipinski definition) is 5. The van der Waals surface area contributed by atoms with E-state index < -0.39 is 0 Å². The molecule has 1 saturated heterocycles. The highest BCUT2D eigenvalue weighted by Crippen LogP contribution is 2.37. The van der Waals surface area contributed by atoms with Crippen LogP contribution in [0.25, 0.3) is 16.7 Å². The Morgan fingerprint density at radius 2 is 1.83 bits per heavy atom. The third-order valence-electron chi connectivity index (χ3n) is 4.88. The Morgan fingerprint density at radius 3 is 2.66 bits per heavy atom. The summed E-state index contributed by atoms with van der Waals surface area (Å²) in [4.78, 5) is 23.6. The molecule has 1 unspecified atom stereocenters. The number of benzene rings is 2. The van der Waals surface area contributed by atoms with Gasteiger partial charge in [0, 0.05) is 6.54 Å². The third kappa shape index (κ3) is 3.26. The van der Waals surface area contributed by atoms with E-state index in [1.807, 2.05) is 48.5 Å². The van der Waals surface area contributed by atoms with Gasteiger partial charge in [0.25, 0.3) is 0 Å². The second-order valence-electron chi connectivity index (χ2n) is 6.64. The number of fused-ring (bicyclic) bond motifs is 1. The Morgan fingerprint density at radius 1 is 1.03 bits per heavy atom. The number of carbonyl (C=O) groups is 1. The lowest BCUT2D eigenvalue weighted by molar-refractivity contribution is -0.116. The summed E-state index contributed by atoms with van der Waals surface area (Å²) in [6, 6.07) is 17.3. The highest BCUT2D eigenvalue weighted by Gasteiger charge is 2.35. The van der Waals surface area contributed by atoms with E-state index in [1.165, 1.54) is 18.1 Å². The fraction of sp³-hybridized carbons (Fsp3) is 0.143. The number of carbonyl (C=O) groups excluding carboxylic acids is 1. The van der Waals surface area contributed by atoms with Crippen LogP contribution >= 0.6 is 23.4 Å². The van der Waals surface area contributed by atoms with Gasteiger partial charge in [0.2, 0.25) is 5.91 Å². The normalized spacial score (nSPS) is 16.7. The van der Waals surface area contributed by atoms with E-state index in [0.29, 0.717) is 11.6 Å². The molecule has 0 radical (unpaired) electrons. The number of rotatable bonds is 4. The number of nitrogens with zero attached hydrogens (tertiary/aromatic N) is 5. The van der Waals surface area contributed by atoms with E-state index in [-0.39, 0.29) is 11.2 Å². The molecule has 0 spiro atoms. The maximum atomic E-state index is 13.0. The molecule has 1 amide bonds. The van der Waals surface area contributed by atoms with E-state index >= 15 is 0 Å². The summed E-state index contributed by atoms with van der Waals surface area (Å²) in [6.07, 6.45) is 4.01. The van der Waals surface area contributed by atoms with Crippen molar-refractivity contribution in [3.05, 3.63) is 72.1 Å². The van der Waals surface area contributed by atoms with Gasteiger partial charge in [-0.3, -0.25) is 4.79 Å². The van der Waals surface area contributed by atoms with Gasteiger partial charge in [-0.2, -0.15) is 5.10 Å². The van der Waals surface area contributed by atoms with E-state index in [1.54, 1.807) is 21.8 Å². The first-order valence-corrected chi connectivity index (χ1v) is 10.4. The summed E-state index contributed by atoms with van der Waals surface area (Å²) in [6.45, 7) is 0.637. The molecule has 8 heteroatoms. The Balaban J connectivity index is 1.44. The largest absolute Gasteiger partial charge is 0.310 e. The molecule has 29 heavy (non-hydrogen) atoms. The van der Waals surface area contributed by atoms with Gasteiger partial charge in [0.1, 0.15) is 11.4 Å². The fourth-order valence-corrected chi connectivity index (χ4v) is 4.82. The lowest BCUT2D eigenvalue weighted by atomic mass is 10.3. The minimum atomic E-state index is -0.218. The average molecular weight is 422 g/mol. The first-order valence-electron chi connectivity index (χ1n) is 9.19. The molecule has 0 N–H and O–H groups in total. The number of thioether (sulfide) groups is 1. The quantitative estimate of drug-likeness (QED) is 0.458. The van der Waals surface area contributed by atoms with Gasteiger partial charge >= 0.3 is 0 Å². The minimum absolute atomic E-state index is 0.0466. The number of para-hydroxylation sites is 2. The number of aromatic nitrogens is 4. The third-order valence-corrected chi connectivity index (χ3v) is 6.47. The van der Waals surface area contributed by atoms with Crippen molar-refractivity contribution in [1.29, 1.82) is 0 Å². The molecule has 3 heterocycles. The van der Waals surface area contributed by atoms with Crippen LogP contribution in [0.2, 0.25) is 5.02 Å². The van der Waals surface area contributed by atoms with Crippen molar-refractivity contribution in [2.45, 2.75) is 16.7 Å². The molecule has 2 aromatic heterocycles. The van der Waals surface area contributed by atoms with E-state index in [4.69, 9.17) is 11.6 Å². The Bertz CT molecular complexity index is 1200. The van der Waals surface area contributed by atoms with Crippen LogP contribution < -0.4 is 4.90 Å². The molecule has 1 aliphatic heterocycles. The van der Waals surface area contributed by atoms with Gasteiger partial charge in [0.05, 0.1) is 33.2 Å². The van der Waals surface area contributed by atoms with Crippen molar-refractivity contribution < 1.29 is 4.79 Å². The predicted octanol–water partition coefficient (Wildman–Crippen LogP) is 4.37. The van der Waals surface area contributed by atoms with Crippen LogP contribution in [-0.2, 0) is 4.79 Å². The minimum Gasteiger partial charge on any atom is -0.310 e. The topological polar surface area (TPSA) is 63.9 Å². The SMILES string of the molecule is O=C1C(Sc2ncnc3c2cnn3-c2ccccc2)CCN1c1ccccc1Cl. The lowest BCUT2D eigenvalue weighted by Gasteiger charge is -2.18. The van der Waals surface area contributed by atoms with Crippen molar-refractivity contribution >= 4 is 46.0 Å². The molecule has 1 atom stereocenters.